The molecule has 2 aromatic heterocycles. The highest BCUT2D eigenvalue weighted by Crippen LogP contribution is 2.44. The summed E-state index contributed by atoms with van der Waals surface area (Å²) >= 11 is 0. The normalized spacial score (nSPS) is 26.3. The van der Waals surface area contributed by atoms with Crippen molar-refractivity contribution in [1.29, 1.82) is 0 Å². The number of imidazole rings is 1. The highest BCUT2D eigenvalue weighted by molar-refractivity contribution is 5.65. The van der Waals surface area contributed by atoms with Gasteiger partial charge in [-0.15, -0.1) is 0 Å². The Hall–Kier alpha value is -3.15. The van der Waals surface area contributed by atoms with Crippen molar-refractivity contribution in [3.63, 3.8) is 0 Å². The Kier molecular flexibility index (Phi) is 5.03. The van der Waals surface area contributed by atoms with Gasteiger partial charge in [0, 0.05) is 31.5 Å². The largest absolute Gasteiger partial charge is 0.364 e. The summed E-state index contributed by atoms with van der Waals surface area (Å²) in [5.41, 5.74) is 1.71. The van der Waals surface area contributed by atoms with Gasteiger partial charge in [0.25, 0.3) is 5.69 Å². The van der Waals surface area contributed by atoms with Crippen LogP contribution in [0.5, 0.6) is 0 Å². The molecule has 1 aromatic carbocycles. The van der Waals surface area contributed by atoms with E-state index in [1.807, 2.05) is 30.2 Å². The highest BCUT2D eigenvalue weighted by Gasteiger charge is 2.56. The molecule has 0 amide bonds. The number of para-hydroxylation sites is 2. The van der Waals surface area contributed by atoms with E-state index < -0.39 is 12.0 Å². The van der Waals surface area contributed by atoms with Crippen molar-refractivity contribution in [3.8, 4) is 0 Å². The molecule has 4 heterocycles. The third-order valence-corrected chi connectivity index (χ3v) is 5.81. The molecule has 1 unspecified atom stereocenters. The smallest absolute Gasteiger partial charge is 0.292 e. The third-order valence-electron chi connectivity index (χ3n) is 5.81. The van der Waals surface area contributed by atoms with E-state index in [1.165, 1.54) is 6.07 Å². The number of nitro groups is 1. The molecule has 0 saturated carbocycles. The van der Waals surface area contributed by atoms with Crippen LogP contribution in [0.1, 0.15) is 27.0 Å². The molecule has 0 radical (unpaired) electrons. The van der Waals surface area contributed by atoms with Gasteiger partial charge < -0.3 is 19.1 Å². The van der Waals surface area contributed by atoms with E-state index >= 15 is 0 Å². The molecule has 0 aliphatic carbocycles. The van der Waals surface area contributed by atoms with Crippen LogP contribution in [0.4, 0.5) is 11.4 Å². The van der Waals surface area contributed by atoms with Gasteiger partial charge >= 0.3 is 0 Å². The summed E-state index contributed by atoms with van der Waals surface area (Å²) in [5.74, 6) is -0.784. The fourth-order valence-corrected chi connectivity index (χ4v) is 4.49. The van der Waals surface area contributed by atoms with Crippen molar-refractivity contribution in [2.45, 2.75) is 51.1 Å². The van der Waals surface area contributed by atoms with Crippen molar-refractivity contribution in [1.82, 2.24) is 19.5 Å². The van der Waals surface area contributed by atoms with Crippen molar-refractivity contribution in [2.24, 2.45) is 0 Å². The first-order valence-corrected chi connectivity index (χ1v) is 10.5. The van der Waals surface area contributed by atoms with E-state index in [-0.39, 0.29) is 28.9 Å². The van der Waals surface area contributed by atoms with Crippen LogP contribution < -0.4 is 4.90 Å². The first-order valence-electron chi connectivity index (χ1n) is 10.5. The van der Waals surface area contributed by atoms with E-state index in [2.05, 4.69) is 15.0 Å². The lowest BCUT2D eigenvalue weighted by molar-refractivity contribution is -0.384. The predicted molar refractivity (Wildman–Crippen MR) is 114 cm³/mol. The Morgan fingerprint density at radius 2 is 1.91 bits per heavy atom. The number of anilines is 1. The summed E-state index contributed by atoms with van der Waals surface area (Å²) in [6.45, 7) is 6.65. The zero-order valence-corrected chi connectivity index (χ0v) is 18.0. The maximum atomic E-state index is 11.6. The lowest BCUT2D eigenvalue weighted by Crippen LogP contribution is -2.40. The van der Waals surface area contributed by atoms with Gasteiger partial charge in [0.15, 0.2) is 23.3 Å². The standard InChI is InChI=1S/C21H24N6O5/c1-4-25(13-7-5-6-8-14(13)27(28)29)11-15-16-17(32-21(2,3)31-16)20(30-15)26-12-24-18-19(26)23-10-9-22-18/h5-10,12,15-17,20H,4,11H2,1-3H3/t15-,16-,17?,20-/m1/s1. The summed E-state index contributed by atoms with van der Waals surface area (Å²) in [6.07, 6.45) is 3.18. The van der Waals surface area contributed by atoms with Crippen molar-refractivity contribution in [2.75, 3.05) is 18.0 Å². The maximum absolute atomic E-state index is 11.6. The fourth-order valence-electron chi connectivity index (χ4n) is 4.49. The number of hydrogen-bond donors (Lipinski definition) is 0. The van der Waals surface area contributed by atoms with E-state index in [0.717, 1.165) is 0 Å². The molecule has 2 aliphatic heterocycles. The second-order valence-corrected chi connectivity index (χ2v) is 8.27. The molecule has 0 bridgehead atoms. The van der Waals surface area contributed by atoms with E-state index in [4.69, 9.17) is 14.2 Å². The molecule has 32 heavy (non-hydrogen) atoms. The summed E-state index contributed by atoms with van der Waals surface area (Å²) in [6, 6.07) is 6.71. The number of likely N-dealkylation sites (N-methyl/N-ethyl adjacent to an activating group) is 1. The minimum Gasteiger partial charge on any atom is -0.364 e. The lowest BCUT2D eigenvalue weighted by Gasteiger charge is -2.29. The van der Waals surface area contributed by atoms with Gasteiger partial charge in [-0.1, -0.05) is 12.1 Å². The van der Waals surface area contributed by atoms with E-state index in [9.17, 15) is 10.1 Å². The Morgan fingerprint density at radius 3 is 2.69 bits per heavy atom. The van der Waals surface area contributed by atoms with E-state index in [0.29, 0.717) is 30.1 Å². The monoisotopic (exact) mass is 440 g/mol. The van der Waals surface area contributed by atoms with Gasteiger partial charge in [-0.25, -0.2) is 15.0 Å². The first-order chi connectivity index (χ1) is 15.4. The molecular weight excluding hydrogens is 416 g/mol. The van der Waals surface area contributed by atoms with Gasteiger partial charge in [-0.3, -0.25) is 14.7 Å². The molecule has 2 saturated heterocycles. The van der Waals surface area contributed by atoms with Gasteiger partial charge in [0.1, 0.15) is 30.3 Å². The number of hydrogen-bond acceptors (Lipinski definition) is 9. The van der Waals surface area contributed by atoms with Crippen LogP contribution in [-0.4, -0.2) is 61.6 Å². The number of nitro benzene ring substituents is 1. The molecule has 4 atom stereocenters. The highest BCUT2D eigenvalue weighted by atomic mass is 16.8. The zero-order chi connectivity index (χ0) is 22.5. The van der Waals surface area contributed by atoms with Crippen LogP contribution >= 0.6 is 0 Å². The van der Waals surface area contributed by atoms with Gasteiger partial charge in [-0.2, -0.15) is 0 Å². The molecular formula is C21H24N6O5. The zero-order valence-electron chi connectivity index (χ0n) is 18.0. The first kappa shape index (κ1) is 20.7. The average molecular weight is 440 g/mol. The van der Waals surface area contributed by atoms with Crippen LogP contribution in [-0.2, 0) is 14.2 Å². The molecule has 5 rings (SSSR count). The van der Waals surface area contributed by atoms with Gasteiger partial charge in [-0.05, 0) is 26.8 Å². The number of aromatic nitrogens is 4. The molecule has 0 N–H and O–H groups in total. The Morgan fingerprint density at radius 1 is 1.16 bits per heavy atom. The summed E-state index contributed by atoms with van der Waals surface area (Å²) in [5, 5.41) is 11.6. The number of ether oxygens (including phenoxy) is 3. The molecule has 11 nitrogen and oxygen atoms in total. The Labute approximate surface area is 184 Å². The molecule has 11 heteroatoms. The average Bonchev–Trinajstić information content (AvgIpc) is 3.43. The lowest BCUT2D eigenvalue weighted by atomic mass is 10.1. The SMILES string of the molecule is CCN(C[C@H]1O[C@@H](n2cnc3nccnc32)C2OC(C)(C)O[C@@H]21)c1ccccc1[N+](=O)[O-]. The molecule has 0 spiro atoms. The molecule has 168 valence electrons. The Balaban J connectivity index is 1.47. The quantitative estimate of drug-likeness (QED) is 0.421. The van der Waals surface area contributed by atoms with Crippen molar-refractivity contribution < 1.29 is 19.1 Å². The van der Waals surface area contributed by atoms with Crippen LogP contribution in [0.15, 0.2) is 43.0 Å². The Bertz CT molecular complexity index is 1150. The van der Waals surface area contributed by atoms with Crippen molar-refractivity contribution in [3.05, 3.63) is 53.1 Å². The predicted octanol–water partition coefficient (Wildman–Crippen LogP) is 2.68. The van der Waals surface area contributed by atoms with Crippen LogP contribution in [0, 0.1) is 10.1 Å². The minimum atomic E-state index is -0.784. The number of benzene rings is 1. The maximum Gasteiger partial charge on any atom is 0.292 e. The van der Waals surface area contributed by atoms with Crippen LogP contribution in [0.2, 0.25) is 0 Å². The molecule has 2 fully saturated rings. The topological polar surface area (TPSA) is 118 Å². The molecule has 2 aliphatic rings. The summed E-state index contributed by atoms with van der Waals surface area (Å²) in [7, 11) is 0. The van der Waals surface area contributed by atoms with E-state index in [1.54, 1.807) is 36.9 Å². The van der Waals surface area contributed by atoms with Gasteiger partial charge in [0.05, 0.1) is 4.92 Å². The number of rotatable bonds is 6. The number of nitrogens with zero attached hydrogens (tertiary/aromatic N) is 6. The van der Waals surface area contributed by atoms with Crippen molar-refractivity contribution >= 4 is 22.7 Å². The second kappa shape index (κ2) is 7.76. The summed E-state index contributed by atoms with van der Waals surface area (Å²) in [4.78, 5) is 26.1. The fraction of sp³-hybridized carbons (Fsp3) is 0.476. The van der Waals surface area contributed by atoms with Crippen LogP contribution in [0.3, 0.4) is 0 Å². The second-order valence-electron chi connectivity index (χ2n) is 8.27. The molecule has 3 aromatic rings. The minimum absolute atomic E-state index is 0.0558. The van der Waals surface area contributed by atoms with Gasteiger partial charge in [0.2, 0.25) is 0 Å². The summed E-state index contributed by atoms with van der Waals surface area (Å²) < 4.78 is 20.6. The number of fused-ring (bicyclic) bond motifs is 2. The van der Waals surface area contributed by atoms with Crippen LogP contribution in [0.25, 0.3) is 11.3 Å². The third kappa shape index (κ3) is 3.48.